The van der Waals surface area contributed by atoms with Gasteiger partial charge in [0.25, 0.3) is 5.91 Å². The highest BCUT2D eigenvalue weighted by molar-refractivity contribution is 7.14. The molecule has 1 aliphatic rings. The highest BCUT2D eigenvalue weighted by Crippen LogP contribution is 2.32. The van der Waals surface area contributed by atoms with Gasteiger partial charge >= 0.3 is 5.97 Å². The number of hydrogen-bond acceptors (Lipinski definition) is 5. The van der Waals surface area contributed by atoms with Gasteiger partial charge in [0, 0.05) is 18.5 Å². The van der Waals surface area contributed by atoms with Crippen LogP contribution < -0.4 is 5.32 Å². The van der Waals surface area contributed by atoms with Crippen LogP contribution in [0.4, 0.5) is 0 Å². The maximum atomic E-state index is 12.2. The van der Waals surface area contributed by atoms with Crippen LogP contribution in [0.25, 0.3) is 0 Å². The first-order chi connectivity index (χ1) is 10.5. The van der Waals surface area contributed by atoms with Gasteiger partial charge in [0.2, 0.25) is 0 Å². The van der Waals surface area contributed by atoms with Gasteiger partial charge in [-0.3, -0.25) is 4.79 Å². The number of rotatable bonds is 6. The minimum Gasteiger partial charge on any atom is -0.448 e. The third-order valence-electron chi connectivity index (χ3n) is 3.79. The lowest BCUT2D eigenvalue weighted by Gasteiger charge is -2.16. The zero-order valence-electron chi connectivity index (χ0n) is 13.3. The van der Waals surface area contributed by atoms with Crippen molar-refractivity contribution in [3.05, 3.63) is 21.4 Å². The van der Waals surface area contributed by atoms with E-state index in [4.69, 9.17) is 9.47 Å². The SMILES string of the molecule is COCCNC(=O)[C@@H](C)OC(=O)c1cc2c(s1)CC[C@H](C)C2. The molecule has 0 fully saturated rings. The fraction of sp³-hybridized carbons (Fsp3) is 0.625. The van der Waals surface area contributed by atoms with Crippen molar-refractivity contribution in [2.45, 2.75) is 39.2 Å². The van der Waals surface area contributed by atoms with E-state index in [1.54, 1.807) is 14.0 Å². The second kappa shape index (κ2) is 7.74. The van der Waals surface area contributed by atoms with Gasteiger partial charge in [0.1, 0.15) is 4.88 Å². The van der Waals surface area contributed by atoms with Gasteiger partial charge in [0.05, 0.1) is 6.61 Å². The third kappa shape index (κ3) is 4.30. The minimum atomic E-state index is -0.803. The van der Waals surface area contributed by atoms with Gasteiger partial charge < -0.3 is 14.8 Å². The van der Waals surface area contributed by atoms with Crippen molar-refractivity contribution in [3.8, 4) is 0 Å². The molecule has 5 nitrogen and oxygen atoms in total. The molecule has 0 unspecified atom stereocenters. The molecular weight excluding hydrogens is 302 g/mol. The monoisotopic (exact) mass is 325 g/mol. The summed E-state index contributed by atoms with van der Waals surface area (Å²) in [6, 6.07) is 1.92. The third-order valence-corrected chi connectivity index (χ3v) is 5.01. The number of fused-ring (bicyclic) bond motifs is 1. The molecule has 0 aliphatic heterocycles. The lowest BCUT2D eigenvalue weighted by Crippen LogP contribution is -2.37. The lowest BCUT2D eigenvalue weighted by molar-refractivity contribution is -0.129. The fourth-order valence-electron chi connectivity index (χ4n) is 2.50. The fourth-order valence-corrected chi connectivity index (χ4v) is 3.59. The Labute approximate surface area is 135 Å². The van der Waals surface area contributed by atoms with Crippen molar-refractivity contribution in [1.29, 1.82) is 0 Å². The molecule has 1 amide bonds. The number of hydrogen-bond donors (Lipinski definition) is 1. The molecule has 1 aromatic rings. The Bertz CT molecular complexity index is 540. The van der Waals surface area contributed by atoms with Gasteiger partial charge in [-0.15, -0.1) is 11.3 Å². The molecule has 1 aliphatic carbocycles. The molecule has 1 aromatic heterocycles. The molecule has 6 heteroatoms. The summed E-state index contributed by atoms with van der Waals surface area (Å²) in [7, 11) is 1.56. The number of amides is 1. The highest BCUT2D eigenvalue weighted by atomic mass is 32.1. The predicted molar refractivity (Wildman–Crippen MR) is 85.3 cm³/mol. The van der Waals surface area contributed by atoms with E-state index in [2.05, 4.69) is 12.2 Å². The summed E-state index contributed by atoms with van der Waals surface area (Å²) < 4.78 is 10.1. The van der Waals surface area contributed by atoms with Crippen molar-refractivity contribution < 1.29 is 19.1 Å². The summed E-state index contributed by atoms with van der Waals surface area (Å²) in [5.74, 6) is -0.0572. The van der Waals surface area contributed by atoms with Crippen LogP contribution in [-0.4, -0.2) is 38.2 Å². The second-order valence-corrected chi connectivity index (χ2v) is 6.88. The molecule has 0 saturated carbocycles. The van der Waals surface area contributed by atoms with Gasteiger partial charge in [0.15, 0.2) is 6.10 Å². The lowest BCUT2D eigenvalue weighted by atomic mass is 9.90. The molecule has 2 atom stereocenters. The Kier molecular flexibility index (Phi) is 5.97. The molecule has 22 heavy (non-hydrogen) atoms. The van der Waals surface area contributed by atoms with E-state index < -0.39 is 12.1 Å². The van der Waals surface area contributed by atoms with Crippen molar-refractivity contribution in [1.82, 2.24) is 5.32 Å². The van der Waals surface area contributed by atoms with E-state index in [1.165, 1.54) is 28.2 Å². The summed E-state index contributed by atoms with van der Waals surface area (Å²) in [5, 5.41) is 2.66. The summed E-state index contributed by atoms with van der Waals surface area (Å²) in [5.41, 5.74) is 1.26. The Morgan fingerprint density at radius 3 is 3.00 bits per heavy atom. The highest BCUT2D eigenvalue weighted by Gasteiger charge is 2.24. The first-order valence-electron chi connectivity index (χ1n) is 7.60. The predicted octanol–water partition coefficient (Wildman–Crippen LogP) is 2.18. The Morgan fingerprint density at radius 2 is 2.27 bits per heavy atom. The van der Waals surface area contributed by atoms with Gasteiger partial charge in [-0.1, -0.05) is 6.92 Å². The molecule has 1 heterocycles. The molecule has 0 spiro atoms. The molecule has 0 aromatic carbocycles. The van der Waals surface area contributed by atoms with Crippen LogP contribution in [0.3, 0.4) is 0 Å². The van der Waals surface area contributed by atoms with Crippen molar-refractivity contribution in [2.24, 2.45) is 5.92 Å². The number of aryl methyl sites for hydroxylation is 1. The summed E-state index contributed by atoms with van der Waals surface area (Å²) in [6.45, 7) is 4.64. The Balaban J connectivity index is 1.90. The molecule has 122 valence electrons. The van der Waals surface area contributed by atoms with E-state index in [9.17, 15) is 9.59 Å². The molecule has 2 rings (SSSR count). The van der Waals surface area contributed by atoms with Crippen LogP contribution in [0.5, 0.6) is 0 Å². The molecular formula is C16H23NO4S. The van der Waals surface area contributed by atoms with E-state index in [0.29, 0.717) is 23.9 Å². The molecule has 0 saturated heterocycles. The summed E-state index contributed by atoms with van der Waals surface area (Å²) in [6.07, 6.45) is 2.41. The zero-order valence-corrected chi connectivity index (χ0v) is 14.1. The van der Waals surface area contributed by atoms with Gasteiger partial charge in [-0.2, -0.15) is 0 Å². The minimum absolute atomic E-state index is 0.305. The van der Waals surface area contributed by atoms with Crippen LogP contribution >= 0.6 is 11.3 Å². The Morgan fingerprint density at radius 1 is 1.50 bits per heavy atom. The first kappa shape index (κ1) is 17.0. The maximum Gasteiger partial charge on any atom is 0.349 e. The van der Waals surface area contributed by atoms with Gasteiger partial charge in [-0.25, -0.2) is 4.79 Å². The molecule has 0 radical (unpaired) electrons. The maximum absolute atomic E-state index is 12.2. The summed E-state index contributed by atoms with van der Waals surface area (Å²) >= 11 is 1.49. The average molecular weight is 325 g/mol. The number of carbonyl (C=O) groups excluding carboxylic acids is 2. The number of ether oxygens (including phenoxy) is 2. The number of thiophene rings is 1. The van der Waals surface area contributed by atoms with E-state index in [1.807, 2.05) is 6.07 Å². The van der Waals surface area contributed by atoms with Crippen molar-refractivity contribution in [2.75, 3.05) is 20.3 Å². The first-order valence-corrected chi connectivity index (χ1v) is 8.42. The van der Waals surface area contributed by atoms with Crippen LogP contribution in [0.1, 0.15) is 40.4 Å². The van der Waals surface area contributed by atoms with Crippen molar-refractivity contribution in [3.63, 3.8) is 0 Å². The van der Waals surface area contributed by atoms with Crippen LogP contribution in [0.2, 0.25) is 0 Å². The Hall–Kier alpha value is -1.40. The number of carbonyl (C=O) groups is 2. The largest absolute Gasteiger partial charge is 0.448 e. The average Bonchev–Trinajstić information content (AvgIpc) is 2.90. The molecule has 1 N–H and O–H groups in total. The van der Waals surface area contributed by atoms with E-state index >= 15 is 0 Å². The number of methoxy groups -OCH3 is 1. The zero-order chi connectivity index (χ0) is 16.1. The second-order valence-electron chi connectivity index (χ2n) is 5.74. The van der Waals surface area contributed by atoms with Crippen LogP contribution in [-0.2, 0) is 27.1 Å². The number of nitrogens with one attached hydrogen (secondary N) is 1. The topological polar surface area (TPSA) is 64.6 Å². The molecule has 0 bridgehead atoms. The number of esters is 1. The van der Waals surface area contributed by atoms with Crippen LogP contribution in [0.15, 0.2) is 6.07 Å². The van der Waals surface area contributed by atoms with Crippen LogP contribution in [0, 0.1) is 5.92 Å². The van der Waals surface area contributed by atoms with E-state index in [0.717, 1.165) is 12.8 Å². The summed E-state index contributed by atoms with van der Waals surface area (Å²) in [4.78, 5) is 25.8. The van der Waals surface area contributed by atoms with Gasteiger partial charge in [-0.05, 0) is 43.7 Å². The van der Waals surface area contributed by atoms with E-state index in [-0.39, 0.29) is 5.91 Å². The van der Waals surface area contributed by atoms with Crippen molar-refractivity contribution >= 4 is 23.2 Å². The normalized spacial score (nSPS) is 18.4. The standard InChI is InChI=1S/C16H23NO4S/c1-10-4-5-13-12(8-10)9-14(22-13)16(19)21-11(2)15(18)17-6-7-20-3/h9-11H,4-8H2,1-3H3,(H,17,18)/t10-,11+/m0/s1. The quantitative estimate of drug-likeness (QED) is 0.643. The smallest absolute Gasteiger partial charge is 0.349 e.